The van der Waals surface area contributed by atoms with Crippen LogP contribution in [0.5, 0.6) is 0 Å². The molecule has 172 valence electrons. The van der Waals surface area contributed by atoms with Crippen molar-refractivity contribution in [2.75, 3.05) is 13.2 Å². The van der Waals surface area contributed by atoms with Crippen molar-refractivity contribution in [1.29, 1.82) is 0 Å². The van der Waals surface area contributed by atoms with Crippen molar-refractivity contribution in [3.63, 3.8) is 0 Å². The minimum absolute atomic E-state index is 0.00399. The number of carbonyl (C=O) groups excluding carboxylic acids is 1. The highest BCUT2D eigenvalue weighted by Crippen LogP contribution is 2.39. The average Bonchev–Trinajstić information content (AvgIpc) is 3.40. The average molecular weight is 503 g/mol. The van der Waals surface area contributed by atoms with Crippen LogP contribution < -0.4 is 11.2 Å². The van der Waals surface area contributed by atoms with Gasteiger partial charge in [-0.25, -0.2) is 19.1 Å². The lowest BCUT2D eigenvalue weighted by Gasteiger charge is -2.10. The van der Waals surface area contributed by atoms with Gasteiger partial charge in [0.2, 0.25) is 0 Å². The Hall–Kier alpha value is -2.18. The second-order valence-corrected chi connectivity index (χ2v) is 10.1. The molecule has 3 aromatic heterocycles. The number of H-pyrrole nitrogens is 1. The topological polar surface area (TPSA) is 122 Å². The predicted molar refractivity (Wildman–Crippen MR) is 122 cm³/mol. The van der Waals surface area contributed by atoms with E-state index in [1.165, 1.54) is 4.57 Å². The third-order valence-electron chi connectivity index (χ3n) is 5.23. The predicted octanol–water partition coefficient (Wildman–Crippen LogP) is 2.68. The highest BCUT2D eigenvalue weighted by atomic mass is 35.5. The van der Waals surface area contributed by atoms with Crippen molar-refractivity contribution in [2.45, 2.75) is 45.9 Å². The Balaban J connectivity index is 1.96. The molecule has 1 fully saturated rings. The van der Waals surface area contributed by atoms with Crippen molar-refractivity contribution in [2.24, 2.45) is 0 Å². The maximum absolute atomic E-state index is 13.5. The molecule has 0 saturated carbocycles. The van der Waals surface area contributed by atoms with Crippen LogP contribution >= 0.6 is 33.7 Å². The molecule has 0 radical (unpaired) electrons. The van der Waals surface area contributed by atoms with E-state index in [4.69, 9.17) is 28.0 Å². The van der Waals surface area contributed by atoms with Crippen LogP contribution in [0.15, 0.2) is 15.7 Å². The molecule has 2 atom stereocenters. The monoisotopic (exact) mass is 502 g/mol. The molecule has 0 bridgehead atoms. The van der Waals surface area contributed by atoms with Crippen LogP contribution in [0.25, 0.3) is 10.2 Å². The van der Waals surface area contributed by atoms with Crippen molar-refractivity contribution in [3.8, 4) is 0 Å². The molecule has 4 rings (SSSR count). The molecule has 1 amide bonds. The van der Waals surface area contributed by atoms with Gasteiger partial charge in [-0.1, -0.05) is 36.5 Å². The molecule has 1 aliphatic rings. The number of imidazole rings is 1. The van der Waals surface area contributed by atoms with Crippen molar-refractivity contribution in [1.82, 2.24) is 24.2 Å². The summed E-state index contributed by atoms with van der Waals surface area (Å²) in [7, 11) is -1.33. The number of aromatic amines is 1. The van der Waals surface area contributed by atoms with Gasteiger partial charge in [-0.15, -0.1) is 0 Å². The van der Waals surface area contributed by atoms with Crippen LogP contribution in [0, 0.1) is 6.92 Å². The summed E-state index contributed by atoms with van der Waals surface area (Å²) >= 11 is 12.4. The molecule has 1 unspecified atom stereocenters. The van der Waals surface area contributed by atoms with E-state index in [0.717, 1.165) is 11.5 Å². The Morgan fingerprint density at radius 1 is 1.38 bits per heavy atom. The third kappa shape index (κ3) is 3.99. The minimum atomic E-state index is -1.33. The number of aliphatic hydroxyl groups is 1. The van der Waals surface area contributed by atoms with Crippen LogP contribution in [0.2, 0.25) is 10.3 Å². The van der Waals surface area contributed by atoms with Crippen molar-refractivity contribution < 1.29 is 14.7 Å². The van der Waals surface area contributed by atoms with E-state index >= 15 is 0 Å². The summed E-state index contributed by atoms with van der Waals surface area (Å²) < 4.78 is 3.09. The zero-order chi connectivity index (χ0) is 23.2. The number of nitrogens with zero attached hydrogens (tertiary/aromatic N) is 4. The van der Waals surface area contributed by atoms with Gasteiger partial charge in [0.25, 0.3) is 10.4 Å². The fourth-order valence-electron chi connectivity index (χ4n) is 3.63. The fraction of sp³-hybridized carbons (Fsp3) is 0.474. The maximum atomic E-state index is 13.5. The molecule has 32 heavy (non-hydrogen) atoms. The molecular weight excluding hydrogens is 481 g/mol. The van der Waals surface area contributed by atoms with Gasteiger partial charge in [0.15, 0.2) is 10.0 Å². The molecule has 0 spiro atoms. The van der Waals surface area contributed by atoms with E-state index in [9.17, 15) is 19.5 Å². The smallest absolute Gasteiger partial charge is 0.389 e. The quantitative estimate of drug-likeness (QED) is 0.499. The van der Waals surface area contributed by atoms with Gasteiger partial charge in [0.05, 0.1) is 13.1 Å². The van der Waals surface area contributed by atoms with Gasteiger partial charge in [-0.2, -0.15) is 5.06 Å². The Bertz CT molecular complexity index is 1310. The fourth-order valence-corrected chi connectivity index (χ4v) is 6.30. The number of rotatable bonds is 6. The molecule has 1 saturated heterocycles. The van der Waals surface area contributed by atoms with Gasteiger partial charge in [0, 0.05) is 12.6 Å². The summed E-state index contributed by atoms with van der Waals surface area (Å²) in [5.74, 6) is 0.540. The van der Waals surface area contributed by atoms with Gasteiger partial charge < -0.3 is 9.67 Å². The lowest BCUT2D eigenvalue weighted by Crippen LogP contribution is -2.31. The van der Waals surface area contributed by atoms with Crippen LogP contribution in [0.4, 0.5) is 4.79 Å². The number of aliphatic hydroxyl groups excluding tert-OH is 1. The molecule has 13 heteroatoms. The molecule has 0 aromatic carbocycles. The SMILES string of the molecule is CCCCn1c(=O)[nH]c(=O)c2cc(Cn3c(C)nc(Cl)c3Cl)[s+](C(=O)N3C[C@H](O)CO3)c21. The summed E-state index contributed by atoms with van der Waals surface area (Å²) in [6, 6.07) is 1.62. The van der Waals surface area contributed by atoms with Crippen molar-refractivity contribution >= 4 is 49.1 Å². The van der Waals surface area contributed by atoms with E-state index in [0.29, 0.717) is 28.5 Å². The summed E-state index contributed by atoms with van der Waals surface area (Å²) in [6.45, 7) is 4.21. The molecule has 3 aromatic rings. The molecule has 2 N–H and O–H groups in total. The number of halogens is 2. The standard InChI is InChI=1S/C19H21Cl2N5O5S/c1-3-4-5-24-17-13(16(28)23-18(24)29)6-12(8-25-10(2)22-14(20)15(25)21)32(17)19(30)26-7-11(27)9-31-26/h6,11,27H,3-5,7-9H2,1-2H3/p+1/t11-,32?/m0/s1. The van der Waals surface area contributed by atoms with E-state index in [-0.39, 0.29) is 35.4 Å². The van der Waals surface area contributed by atoms with E-state index < -0.39 is 33.1 Å². The number of hydrogen-bond acceptors (Lipinski definition) is 6. The lowest BCUT2D eigenvalue weighted by atomic mass is 10.3. The molecular formula is C19H22Cl2N5O5S+. The summed E-state index contributed by atoms with van der Waals surface area (Å²) in [5, 5.41) is 11.1. The van der Waals surface area contributed by atoms with Crippen LogP contribution in [0.1, 0.15) is 30.5 Å². The van der Waals surface area contributed by atoms with Gasteiger partial charge in [-0.05, 0) is 13.3 Å². The summed E-state index contributed by atoms with van der Waals surface area (Å²) in [6.07, 6.45) is 0.717. The first-order valence-corrected chi connectivity index (χ1v) is 12.0. The first-order chi connectivity index (χ1) is 15.2. The zero-order valence-corrected chi connectivity index (χ0v) is 19.8. The van der Waals surface area contributed by atoms with E-state index in [2.05, 4.69) is 9.97 Å². The van der Waals surface area contributed by atoms with Crippen LogP contribution in [-0.4, -0.2) is 53.8 Å². The molecule has 1 aliphatic heterocycles. The first kappa shape index (κ1) is 23.0. The second-order valence-electron chi connectivity index (χ2n) is 7.50. The largest absolute Gasteiger partial charge is 0.484 e. The summed E-state index contributed by atoms with van der Waals surface area (Å²) in [4.78, 5) is 51.6. The van der Waals surface area contributed by atoms with Gasteiger partial charge in [0.1, 0.15) is 39.5 Å². The van der Waals surface area contributed by atoms with Gasteiger partial charge >= 0.3 is 10.9 Å². The lowest BCUT2D eigenvalue weighted by molar-refractivity contribution is -0.0588. The number of carbonyl (C=O) groups is 1. The normalized spacial score (nSPS) is 17.0. The number of fused-ring (bicyclic) bond motifs is 1. The van der Waals surface area contributed by atoms with Crippen LogP contribution in [0.3, 0.4) is 0 Å². The molecule has 0 aliphatic carbocycles. The second kappa shape index (κ2) is 8.99. The number of thiophene rings is 1. The van der Waals surface area contributed by atoms with E-state index in [1.54, 1.807) is 17.6 Å². The third-order valence-corrected chi connectivity index (χ3v) is 8.13. The Labute approximate surface area is 194 Å². The Kier molecular flexibility index (Phi) is 6.46. The Morgan fingerprint density at radius 3 is 2.72 bits per heavy atom. The molecule has 10 nitrogen and oxygen atoms in total. The van der Waals surface area contributed by atoms with E-state index in [1.807, 2.05) is 6.92 Å². The number of aryl methyl sites for hydroxylation is 2. The molecule has 4 heterocycles. The Morgan fingerprint density at radius 2 is 2.12 bits per heavy atom. The van der Waals surface area contributed by atoms with Crippen molar-refractivity contribution in [3.05, 3.63) is 47.9 Å². The maximum Gasteiger partial charge on any atom is 0.484 e. The highest BCUT2D eigenvalue weighted by Gasteiger charge is 2.40. The zero-order valence-electron chi connectivity index (χ0n) is 17.4. The van der Waals surface area contributed by atoms with Gasteiger partial charge in [-0.3, -0.25) is 14.6 Å². The summed E-state index contributed by atoms with van der Waals surface area (Å²) in [5.41, 5.74) is -1.13. The minimum Gasteiger partial charge on any atom is -0.389 e. The highest BCUT2D eigenvalue weighted by molar-refractivity contribution is 7.55. The first-order valence-electron chi connectivity index (χ1n) is 10.1. The number of hydroxylamine groups is 2. The number of hydrogen-bond donors (Lipinski definition) is 2. The van der Waals surface area contributed by atoms with Crippen LogP contribution in [-0.2, 0) is 17.9 Å². The number of aromatic nitrogens is 4. The number of β-amino-alcohol motifs (C(OH)–C–C–N with tert-alkyl or cyclic N) is 1. The number of nitrogens with one attached hydrogen (secondary N) is 1. The number of amides is 1. The number of unbranched alkanes of at least 4 members (excludes halogenated alkanes) is 1.